The molecule has 1 aromatic heterocycles. The lowest BCUT2D eigenvalue weighted by molar-refractivity contribution is -0.384. The minimum atomic E-state index is -0.717. The molecule has 8 nitrogen and oxygen atoms in total. The molecule has 4 rings (SSSR count). The number of benzene rings is 3. The quantitative estimate of drug-likeness (QED) is 0.335. The standard InChI is InChI=1S/C24H17ClN4O4/c1-28-24(31)21(23(30)26-17-12-13-18(25)19(14-17)29(32)33)20(15-8-4-2-5-9-15)22(27-28)16-10-6-3-7-11-16/h2-14H,1H3,(H,26,30). The maximum Gasteiger partial charge on any atom is 0.289 e. The van der Waals surface area contributed by atoms with Crippen molar-refractivity contribution in [2.75, 3.05) is 5.32 Å². The molecule has 0 spiro atoms. The van der Waals surface area contributed by atoms with Crippen molar-refractivity contribution < 1.29 is 9.72 Å². The summed E-state index contributed by atoms with van der Waals surface area (Å²) in [4.78, 5) is 37.1. The van der Waals surface area contributed by atoms with Crippen LogP contribution in [0.15, 0.2) is 83.7 Å². The number of nitro benzene ring substituents is 1. The number of aromatic nitrogens is 2. The van der Waals surface area contributed by atoms with Crippen molar-refractivity contribution in [3.8, 4) is 22.4 Å². The molecule has 0 fully saturated rings. The van der Waals surface area contributed by atoms with Gasteiger partial charge in [0.15, 0.2) is 0 Å². The van der Waals surface area contributed by atoms with Crippen LogP contribution in [0.25, 0.3) is 22.4 Å². The normalized spacial score (nSPS) is 10.6. The minimum Gasteiger partial charge on any atom is -0.322 e. The number of carbonyl (C=O) groups excluding carboxylic acids is 1. The van der Waals surface area contributed by atoms with Gasteiger partial charge < -0.3 is 5.32 Å². The summed E-state index contributed by atoms with van der Waals surface area (Å²) in [6.07, 6.45) is 0. The third-order valence-corrected chi connectivity index (χ3v) is 5.30. The maximum absolute atomic E-state index is 13.4. The largest absolute Gasteiger partial charge is 0.322 e. The van der Waals surface area contributed by atoms with E-state index in [9.17, 15) is 19.7 Å². The number of hydrogen-bond acceptors (Lipinski definition) is 5. The van der Waals surface area contributed by atoms with Gasteiger partial charge in [-0.15, -0.1) is 0 Å². The molecule has 0 atom stereocenters. The Morgan fingerprint density at radius 2 is 1.61 bits per heavy atom. The summed E-state index contributed by atoms with van der Waals surface area (Å²) in [5, 5.41) is 18.2. The van der Waals surface area contributed by atoms with Crippen LogP contribution in [0.5, 0.6) is 0 Å². The minimum absolute atomic E-state index is 0.0610. The molecule has 0 aliphatic heterocycles. The molecule has 0 aliphatic rings. The third-order valence-electron chi connectivity index (χ3n) is 4.98. The van der Waals surface area contributed by atoms with Crippen molar-refractivity contribution in [1.29, 1.82) is 0 Å². The van der Waals surface area contributed by atoms with E-state index >= 15 is 0 Å². The Labute approximate surface area is 193 Å². The number of aryl methyl sites for hydroxylation is 1. The molecular weight excluding hydrogens is 444 g/mol. The number of hydrogen-bond donors (Lipinski definition) is 1. The van der Waals surface area contributed by atoms with Crippen LogP contribution in [-0.4, -0.2) is 20.6 Å². The lowest BCUT2D eigenvalue weighted by Crippen LogP contribution is -2.31. The van der Waals surface area contributed by atoms with Crippen molar-refractivity contribution in [2.24, 2.45) is 7.05 Å². The number of anilines is 1. The first-order chi connectivity index (χ1) is 15.9. The number of nitrogens with one attached hydrogen (secondary N) is 1. The number of rotatable bonds is 5. The molecule has 0 radical (unpaired) electrons. The van der Waals surface area contributed by atoms with Crippen LogP contribution < -0.4 is 10.9 Å². The van der Waals surface area contributed by atoms with Crippen LogP contribution in [0.1, 0.15) is 10.4 Å². The zero-order valence-corrected chi connectivity index (χ0v) is 18.1. The van der Waals surface area contributed by atoms with Crippen molar-refractivity contribution in [3.63, 3.8) is 0 Å². The predicted octanol–water partition coefficient (Wildman–Crippen LogP) is 4.93. The molecule has 9 heteroatoms. The molecule has 1 heterocycles. The van der Waals surface area contributed by atoms with Crippen LogP contribution in [0.4, 0.5) is 11.4 Å². The molecule has 33 heavy (non-hydrogen) atoms. The number of carbonyl (C=O) groups is 1. The molecule has 3 aromatic carbocycles. The van der Waals surface area contributed by atoms with Crippen LogP contribution >= 0.6 is 11.6 Å². The Morgan fingerprint density at radius 1 is 1.00 bits per heavy atom. The number of halogens is 1. The van der Waals surface area contributed by atoms with E-state index < -0.39 is 16.4 Å². The number of nitro groups is 1. The Morgan fingerprint density at radius 3 is 2.21 bits per heavy atom. The third kappa shape index (κ3) is 4.37. The second kappa shape index (κ2) is 9.05. The van der Waals surface area contributed by atoms with E-state index in [-0.39, 0.29) is 22.0 Å². The van der Waals surface area contributed by atoms with Crippen LogP contribution in [0, 0.1) is 10.1 Å². The first-order valence-electron chi connectivity index (χ1n) is 9.84. The van der Waals surface area contributed by atoms with Crippen molar-refractivity contribution in [3.05, 3.63) is 110 Å². The first-order valence-corrected chi connectivity index (χ1v) is 10.2. The van der Waals surface area contributed by atoms with Crippen LogP contribution in [0.2, 0.25) is 5.02 Å². The monoisotopic (exact) mass is 460 g/mol. The highest BCUT2D eigenvalue weighted by Gasteiger charge is 2.25. The molecule has 1 N–H and O–H groups in total. The van der Waals surface area contributed by atoms with Gasteiger partial charge in [0.2, 0.25) is 0 Å². The van der Waals surface area contributed by atoms with Crippen molar-refractivity contribution in [1.82, 2.24) is 9.78 Å². The lowest BCUT2D eigenvalue weighted by Gasteiger charge is -2.16. The highest BCUT2D eigenvalue weighted by molar-refractivity contribution is 6.32. The molecule has 0 unspecified atom stereocenters. The van der Waals surface area contributed by atoms with Gasteiger partial charge in [-0.1, -0.05) is 72.3 Å². The van der Waals surface area contributed by atoms with Gasteiger partial charge in [0.25, 0.3) is 17.2 Å². The summed E-state index contributed by atoms with van der Waals surface area (Å²) in [5.41, 5.74) is 1.23. The zero-order chi connectivity index (χ0) is 23.5. The summed E-state index contributed by atoms with van der Waals surface area (Å²) in [6, 6.07) is 22.1. The van der Waals surface area contributed by atoms with Gasteiger partial charge in [-0.3, -0.25) is 19.7 Å². The summed E-state index contributed by atoms with van der Waals surface area (Å²) in [5.74, 6) is -0.717. The summed E-state index contributed by atoms with van der Waals surface area (Å²) in [6.45, 7) is 0. The molecule has 4 aromatic rings. The van der Waals surface area contributed by atoms with Crippen molar-refractivity contribution >= 4 is 28.9 Å². The highest BCUT2D eigenvalue weighted by atomic mass is 35.5. The second-order valence-corrected chi connectivity index (χ2v) is 7.54. The molecule has 164 valence electrons. The van der Waals surface area contributed by atoms with Gasteiger partial charge in [0.05, 0.1) is 10.6 Å². The zero-order valence-electron chi connectivity index (χ0n) is 17.4. The van der Waals surface area contributed by atoms with E-state index in [0.29, 0.717) is 16.8 Å². The van der Waals surface area contributed by atoms with Crippen LogP contribution in [0.3, 0.4) is 0 Å². The summed E-state index contributed by atoms with van der Waals surface area (Å²) >= 11 is 5.87. The van der Waals surface area contributed by atoms with Crippen molar-refractivity contribution in [2.45, 2.75) is 0 Å². The van der Waals surface area contributed by atoms with E-state index in [1.165, 1.54) is 19.2 Å². The Bertz CT molecular complexity index is 1420. The topological polar surface area (TPSA) is 107 Å². The van der Waals surface area contributed by atoms with Gasteiger partial charge in [0, 0.05) is 29.9 Å². The second-order valence-electron chi connectivity index (χ2n) is 7.14. The van der Waals surface area contributed by atoms with E-state index in [0.717, 1.165) is 16.3 Å². The van der Waals surface area contributed by atoms with Gasteiger partial charge >= 0.3 is 0 Å². The predicted molar refractivity (Wildman–Crippen MR) is 126 cm³/mol. The fourth-order valence-electron chi connectivity index (χ4n) is 3.45. The van der Waals surface area contributed by atoms with E-state index in [2.05, 4.69) is 10.4 Å². The molecule has 0 saturated heterocycles. The molecule has 0 bridgehead atoms. The Kier molecular flexibility index (Phi) is 6.01. The molecule has 1 amide bonds. The summed E-state index contributed by atoms with van der Waals surface area (Å²) < 4.78 is 1.11. The SMILES string of the molecule is Cn1nc(-c2ccccc2)c(-c2ccccc2)c(C(=O)Nc2ccc(Cl)c([N+](=O)[O-])c2)c1=O. The fraction of sp³-hybridized carbons (Fsp3) is 0.0417. The highest BCUT2D eigenvalue weighted by Crippen LogP contribution is 2.33. The molecular formula is C24H17ClN4O4. The summed E-state index contributed by atoms with van der Waals surface area (Å²) in [7, 11) is 1.47. The fourth-order valence-corrected chi connectivity index (χ4v) is 3.64. The number of nitrogens with zero attached hydrogens (tertiary/aromatic N) is 3. The average molecular weight is 461 g/mol. The maximum atomic E-state index is 13.4. The van der Waals surface area contributed by atoms with E-state index in [1.54, 1.807) is 24.3 Å². The van der Waals surface area contributed by atoms with Gasteiger partial charge in [-0.2, -0.15) is 5.10 Å². The first kappa shape index (κ1) is 21.9. The van der Waals surface area contributed by atoms with Gasteiger partial charge in [0.1, 0.15) is 10.6 Å². The molecule has 0 aliphatic carbocycles. The molecule has 0 saturated carbocycles. The van der Waals surface area contributed by atoms with Gasteiger partial charge in [-0.05, 0) is 17.7 Å². The lowest BCUT2D eigenvalue weighted by atomic mass is 9.95. The van der Waals surface area contributed by atoms with Crippen LogP contribution in [-0.2, 0) is 7.05 Å². The van der Waals surface area contributed by atoms with Gasteiger partial charge in [-0.25, -0.2) is 4.68 Å². The Balaban J connectivity index is 1.92. The Hall–Kier alpha value is -4.30. The van der Waals surface area contributed by atoms with E-state index in [4.69, 9.17) is 11.6 Å². The van der Waals surface area contributed by atoms with E-state index in [1.807, 2.05) is 36.4 Å². The number of amides is 1. The smallest absolute Gasteiger partial charge is 0.289 e. The average Bonchev–Trinajstić information content (AvgIpc) is 2.82.